The van der Waals surface area contributed by atoms with E-state index in [9.17, 15) is 4.79 Å². The van der Waals surface area contributed by atoms with Gasteiger partial charge in [-0.25, -0.2) is 0 Å². The van der Waals surface area contributed by atoms with Crippen LogP contribution in [0.2, 0.25) is 5.02 Å². The second kappa shape index (κ2) is 8.86. The number of hydrogen-bond acceptors (Lipinski definition) is 2. The third-order valence-electron chi connectivity index (χ3n) is 2.47. The van der Waals surface area contributed by atoms with Crippen molar-refractivity contribution in [3.8, 4) is 0 Å². The summed E-state index contributed by atoms with van der Waals surface area (Å²) in [5, 5.41) is 0.717. The molecule has 1 rings (SSSR count). The summed E-state index contributed by atoms with van der Waals surface area (Å²) in [5.74, 6) is 0.260. The van der Waals surface area contributed by atoms with Crippen LogP contribution in [0.4, 0.5) is 4.79 Å². The van der Waals surface area contributed by atoms with Crippen LogP contribution in [0.25, 0.3) is 5.73 Å². The Bertz CT molecular complexity index is 343. The van der Waals surface area contributed by atoms with E-state index in [1.807, 2.05) is 31.2 Å². The first-order chi connectivity index (χ1) is 7.61. The van der Waals surface area contributed by atoms with Gasteiger partial charge in [0.05, 0.1) is 6.61 Å². The molecule has 17 heavy (non-hydrogen) atoms. The van der Waals surface area contributed by atoms with E-state index in [1.165, 1.54) is 0 Å². The predicted octanol–water partition coefficient (Wildman–Crippen LogP) is 4.10. The van der Waals surface area contributed by atoms with Gasteiger partial charge in [-0.05, 0) is 36.5 Å². The number of nitrogens with one attached hydrogen (secondary N) is 1. The topological polar surface area (TPSA) is 50.1 Å². The van der Waals surface area contributed by atoms with Crippen molar-refractivity contribution in [1.82, 2.24) is 0 Å². The fraction of sp³-hybridized carbons (Fsp3) is 0.417. The van der Waals surface area contributed by atoms with Crippen LogP contribution in [0.15, 0.2) is 24.3 Å². The maximum Gasteiger partial charge on any atom is 0.227 e. The molecule has 0 saturated carbocycles. The van der Waals surface area contributed by atoms with Gasteiger partial charge in [0.2, 0.25) is 6.09 Å². The van der Waals surface area contributed by atoms with Crippen LogP contribution >= 0.6 is 11.6 Å². The Balaban J connectivity index is 0.00000256. The number of carbonyl (C=O) groups is 1. The van der Waals surface area contributed by atoms with Crippen LogP contribution in [-0.4, -0.2) is 12.7 Å². The molecule has 0 saturated heterocycles. The Labute approximate surface area is 130 Å². The molecule has 1 aromatic carbocycles. The molecule has 0 fully saturated rings. The van der Waals surface area contributed by atoms with Crippen LogP contribution in [0.3, 0.4) is 0 Å². The molecular weight excluding hydrogens is 464 g/mol. The molecule has 5 heteroatoms. The van der Waals surface area contributed by atoms with Gasteiger partial charge in [0.25, 0.3) is 0 Å². The van der Waals surface area contributed by atoms with E-state index in [-0.39, 0.29) is 37.0 Å². The van der Waals surface area contributed by atoms with E-state index < -0.39 is 6.09 Å². The summed E-state index contributed by atoms with van der Waals surface area (Å²) in [6.07, 6.45) is 0.784. The molecule has 1 atom stereocenters. The maximum absolute atomic E-state index is 10.4. The number of rotatable bonds is 5. The average Bonchev–Trinajstić information content (AvgIpc) is 2.26. The predicted molar refractivity (Wildman–Crippen MR) is 64.6 cm³/mol. The van der Waals surface area contributed by atoms with E-state index >= 15 is 0 Å². The smallest absolute Gasteiger partial charge is 0.227 e. The normalized spacial score (nSPS) is 11.4. The fourth-order valence-corrected chi connectivity index (χ4v) is 1.59. The molecule has 0 aromatic heterocycles. The molecule has 1 unspecified atom stereocenters. The van der Waals surface area contributed by atoms with Gasteiger partial charge in [-0.15, -0.1) is 0 Å². The molecule has 1 aromatic rings. The zero-order valence-electron chi connectivity index (χ0n) is 9.70. The molecule has 1 amide bonds. The van der Waals surface area contributed by atoms with Crippen molar-refractivity contribution >= 4 is 17.7 Å². The summed E-state index contributed by atoms with van der Waals surface area (Å²) >= 11 is 5.79. The van der Waals surface area contributed by atoms with E-state index in [0.717, 1.165) is 23.4 Å². The molecule has 0 heterocycles. The minimum Gasteiger partial charge on any atom is -0.632 e. The number of benzene rings is 1. The Kier molecular flexibility index (Phi) is 8.77. The first-order valence-electron chi connectivity index (χ1n) is 5.24. The summed E-state index contributed by atoms with van der Waals surface area (Å²) in [5.41, 5.74) is 7.84. The van der Waals surface area contributed by atoms with Gasteiger partial charge >= 0.3 is 0 Å². The second-order valence-corrected chi connectivity index (χ2v) is 4.14. The standard InChI is InChI=1S/C12H16ClNO2.U/c1-2-9(8-16-12(14)15)7-10-3-5-11(13)6-4-10;/h3-6,9H,2,7-8H2,1H3,(H2,14,15);/p-1. The van der Waals surface area contributed by atoms with Gasteiger partial charge in [-0.3, -0.25) is 4.79 Å². The van der Waals surface area contributed by atoms with Crippen molar-refractivity contribution in [3.05, 3.63) is 40.6 Å². The molecule has 0 bridgehead atoms. The molecule has 0 radical (unpaired) electrons. The number of hydrogen-bond donors (Lipinski definition) is 0. The van der Waals surface area contributed by atoms with Gasteiger partial charge in [-0.2, -0.15) is 0 Å². The van der Waals surface area contributed by atoms with Crippen LogP contribution in [-0.2, 0) is 11.2 Å². The van der Waals surface area contributed by atoms with Crippen LogP contribution < -0.4 is 0 Å². The molecule has 0 aliphatic carbocycles. The van der Waals surface area contributed by atoms with E-state index in [1.54, 1.807) is 0 Å². The van der Waals surface area contributed by atoms with Gasteiger partial charge in [-0.1, -0.05) is 30.7 Å². The molecule has 0 aliphatic heterocycles. The summed E-state index contributed by atoms with van der Waals surface area (Å²) in [4.78, 5) is 10.4. The maximum atomic E-state index is 10.4. The molecule has 92 valence electrons. The summed E-state index contributed by atoms with van der Waals surface area (Å²) in [6, 6.07) is 7.63. The Morgan fingerprint density at radius 1 is 1.41 bits per heavy atom. The van der Waals surface area contributed by atoms with Crippen molar-refractivity contribution in [2.45, 2.75) is 19.8 Å². The van der Waals surface area contributed by atoms with Gasteiger partial charge < -0.3 is 10.5 Å². The monoisotopic (exact) mass is 478 g/mol. The minimum absolute atomic E-state index is 0. The third kappa shape index (κ3) is 6.98. The zero-order chi connectivity index (χ0) is 12.0. The SMILES string of the molecule is CCC(COC([NH-])=O)Cc1ccc(Cl)cc1.[U]. The van der Waals surface area contributed by atoms with Crippen molar-refractivity contribution in [1.29, 1.82) is 0 Å². The zero-order valence-corrected chi connectivity index (χ0v) is 14.6. The van der Waals surface area contributed by atoms with Crippen LogP contribution in [0.5, 0.6) is 0 Å². The Hall–Kier alpha value is -0.168. The van der Waals surface area contributed by atoms with Crippen molar-refractivity contribution in [2.75, 3.05) is 6.61 Å². The fourth-order valence-electron chi connectivity index (χ4n) is 1.47. The van der Waals surface area contributed by atoms with Gasteiger partial charge in [0.15, 0.2) is 0 Å². The quantitative estimate of drug-likeness (QED) is 0.640. The minimum atomic E-state index is -0.963. The Morgan fingerprint density at radius 2 is 2.00 bits per heavy atom. The molecular formula is C12H15ClNO2U-. The van der Waals surface area contributed by atoms with Gasteiger partial charge in [0, 0.05) is 36.1 Å². The number of amides is 1. The van der Waals surface area contributed by atoms with Crippen molar-refractivity contribution < 1.29 is 40.6 Å². The summed E-state index contributed by atoms with van der Waals surface area (Å²) in [6.45, 7) is 2.35. The first-order valence-corrected chi connectivity index (χ1v) is 5.62. The number of halogens is 1. The Morgan fingerprint density at radius 3 is 2.47 bits per heavy atom. The second-order valence-electron chi connectivity index (χ2n) is 3.70. The van der Waals surface area contributed by atoms with E-state index in [4.69, 9.17) is 22.1 Å². The van der Waals surface area contributed by atoms with Crippen LogP contribution in [0, 0.1) is 37.0 Å². The summed E-state index contributed by atoms with van der Waals surface area (Å²) < 4.78 is 4.69. The largest absolute Gasteiger partial charge is 0.632 e. The average molecular weight is 479 g/mol. The molecule has 0 spiro atoms. The number of carbonyl (C=O) groups excluding carboxylic acids is 1. The van der Waals surface area contributed by atoms with E-state index in [0.29, 0.717) is 6.61 Å². The van der Waals surface area contributed by atoms with Crippen molar-refractivity contribution in [3.63, 3.8) is 0 Å². The summed E-state index contributed by atoms with van der Waals surface area (Å²) in [7, 11) is 0. The molecule has 3 nitrogen and oxygen atoms in total. The van der Waals surface area contributed by atoms with Gasteiger partial charge in [0.1, 0.15) is 0 Å². The molecule has 0 aliphatic rings. The van der Waals surface area contributed by atoms with E-state index in [2.05, 4.69) is 0 Å². The van der Waals surface area contributed by atoms with Crippen LogP contribution in [0.1, 0.15) is 18.9 Å². The first kappa shape index (κ1) is 16.8. The number of ether oxygens (including phenoxy) is 1. The molecule has 1 N–H and O–H groups in total. The van der Waals surface area contributed by atoms with Crippen molar-refractivity contribution in [2.24, 2.45) is 5.92 Å². The third-order valence-corrected chi connectivity index (χ3v) is 2.72.